The normalized spacial score (nSPS) is 15.4. The van der Waals surface area contributed by atoms with Crippen molar-refractivity contribution in [1.29, 1.82) is 0 Å². The molecule has 0 saturated carbocycles. The van der Waals surface area contributed by atoms with Gasteiger partial charge in [0.25, 0.3) is 0 Å². The van der Waals surface area contributed by atoms with E-state index < -0.39 is 0 Å². The van der Waals surface area contributed by atoms with E-state index in [4.69, 9.17) is 0 Å². The molecule has 1 N–H and O–H groups in total. The van der Waals surface area contributed by atoms with Crippen molar-refractivity contribution < 1.29 is 4.79 Å². The Balaban J connectivity index is 1.99. The fraction of sp³-hybridized carbons (Fsp3) is 0.455. The van der Waals surface area contributed by atoms with Crippen molar-refractivity contribution in [3.8, 4) is 0 Å². The third-order valence-electron chi connectivity index (χ3n) is 2.54. The van der Waals surface area contributed by atoms with E-state index in [1.807, 2.05) is 24.0 Å². The molecule has 0 aliphatic carbocycles. The highest BCUT2D eigenvalue weighted by atomic mass is 16.2. The minimum atomic E-state index is -0.0365. The van der Waals surface area contributed by atoms with Gasteiger partial charge in [0.1, 0.15) is 5.82 Å². The summed E-state index contributed by atoms with van der Waals surface area (Å²) in [5.74, 6) is 0.631. The van der Waals surface area contributed by atoms with Gasteiger partial charge in [-0.3, -0.25) is 5.32 Å². The Morgan fingerprint density at radius 3 is 2.87 bits per heavy atom. The van der Waals surface area contributed by atoms with E-state index in [1.54, 1.807) is 6.20 Å². The summed E-state index contributed by atoms with van der Waals surface area (Å²) in [6.07, 6.45) is 3.91. The molecule has 1 saturated heterocycles. The molecule has 0 unspecified atom stereocenters. The minimum Gasteiger partial charge on any atom is -0.324 e. The van der Waals surface area contributed by atoms with Crippen LogP contribution in [0.3, 0.4) is 0 Å². The molecule has 0 spiro atoms. The van der Waals surface area contributed by atoms with Crippen LogP contribution in [-0.4, -0.2) is 29.0 Å². The van der Waals surface area contributed by atoms with Crippen molar-refractivity contribution in [2.75, 3.05) is 18.4 Å². The molecule has 4 nitrogen and oxygen atoms in total. The zero-order valence-electron chi connectivity index (χ0n) is 8.86. The second kappa shape index (κ2) is 4.29. The second-order valence-corrected chi connectivity index (χ2v) is 3.84. The number of hydrogen-bond acceptors (Lipinski definition) is 2. The lowest BCUT2D eigenvalue weighted by molar-refractivity contribution is 0.222. The number of carbonyl (C=O) groups is 1. The van der Waals surface area contributed by atoms with Gasteiger partial charge >= 0.3 is 6.03 Å². The third kappa shape index (κ3) is 2.46. The lowest BCUT2D eigenvalue weighted by atomic mass is 10.3. The predicted molar refractivity (Wildman–Crippen MR) is 58.8 cm³/mol. The van der Waals surface area contributed by atoms with Crippen LogP contribution in [0.15, 0.2) is 18.3 Å². The van der Waals surface area contributed by atoms with Crippen LogP contribution in [0, 0.1) is 6.92 Å². The molecular formula is C11H15N3O. The number of anilines is 1. The highest BCUT2D eigenvalue weighted by Gasteiger charge is 2.17. The maximum Gasteiger partial charge on any atom is 0.323 e. The first-order valence-electron chi connectivity index (χ1n) is 5.24. The summed E-state index contributed by atoms with van der Waals surface area (Å²) in [5.41, 5.74) is 1.10. The maximum absolute atomic E-state index is 11.7. The summed E-state index contributed by atoms with van der Waals surface area (Å²) < 4.78 is 0. The molecule has 2 rings (SSSR count). The Bertz CT molecular complexity index is 359. The van der Waals surface area contributed by atoms with Crippen molar-refractivity contribution in [2.24, 2.45) is 0 Å². The van der Waals surface area contributed by atoms with Crippen molar-refractivity contribution in [3.05, 3.63) is 23.9 Å². The first-order chi connectivity index (χ1) is 7.25. The molecule has 1 aliphatic rings. The Morgan fingerprint density at radius 1 is 1.47 bits per heavy atom. The van der Waals surface area contributed by atoms with Crippen molar-refractivity contribution in [2.45, 2.75) is 19.8 Å². The van der Waals surface area contributed by atoms with Crippen LogP contribution < -0.4 is 5.32 Å². The molecule has 2 amide bonds. The summed E-state index contributed by atoms with van der Waals surface area (Å²) in [6.45, 7) is 3.70. The van der Waals surface area contributed by atoms with Crippen molar-refractivity contribution >= 4 is 11.8 Å². The van der Waals surface area contributed by atoms with E-state index >= 15 is 0 Å². The van der Waals surface area contributed by atoms with Crippen LogP contribution in [0.1, 0.15) is 18.4 Å². The summed E-state index contributed by atoms with van der Waals surface area (Å²) in [6, 6.07) is 3.74. The van der Waals surface area contributed by atoms with E-state index in [-0.39, 0.29) is 6.03 Å². The molecule has 0 bridgehead atoms. The number of nitrogens with zero attached hydrogens (tertiary/aromatic N) is 2. The van der Waals surface area contributed by atoms with Gasteiger partial charge in [0.05, 0.1) is 0 Å². The number of aromatic nitrogens is 1. The van der Waals surface area contributed by atoms with E-state index in [9.17, 15) is 4.79 Å². The first-order valence-corrected chi connectivity index (χ1v) is 5.24. The molecule has 0 aromatic carbocycles. The standard InChI is InChI=1S/C11H15N3O/c1-9-4-5-12-10(8-9)13-11(15)14-6-2-3-7-14/h4-5,8H,2-3,6-7H2,1H3,(H,12,13,15). The van der Waals surface area contributed by atoms with Crippen LogP contribution in [-0.2, 0) is 0 Å². The van der Waals surface area contributed by atoms with Gasteiger partial charge in [0.15, 0.2) is 0 Å². The number of urea groups is 1. The molecule has 1 aromatic heterocycles. The van der Waals surface area contributed by atoms with Gasteiger partial charge in [-0.25, -0.2) is 9.78 Å². The van der Waals surface area contributed by atoms with Gasteiger partial charge in [-0.1, -0.05) is 0 Å². The molecule has 0 atom stereocenters. The fourth-order valence-electron chi connectivity index (χ4n) is 1.71. The third-order valence-corrected chi connectivity index (χ3v) is 2.54. The fourth-order valence-corrected chi connectivity index (χ4v) is 1.71. The second-order valence-electron chi connectivity index (χ2n) is 3.84. The molecule has 80 valence electrons. The number of hydrogen-bond donors (Lipinski definition) is 1. The van der Waals surface area contributed by atoms with Gasteiger partial charge in [0, 0.05) is 19.3 Å². The van der Waals surface area contributed by atoms with E-state index in [1.165, 1.54) is 0 Å². The number of rotatable bonds is 1. The van der Waals surface area contributed by atoms with Gasteiger partial charge in [0.2, 0.25) is 0 Å². The monoisotopic (exact) mass is 205 g/mol. The molecule has 15 heavy (non-hydrogen) atoms. The first kappa shape index (κ1) is 9.96. The van der Waals surface area contributed by atoms with Crippen LogP contribution in [0.4, 0.5) is 10.6 Å². The molecule has 1 aromatic rings. The van der Waals surface area contributed by atoms with Crippen LogP contribution in [0.25, 0.3) is 0 Å². The summed E-state index contributed by atoms with van der Waals surface area (Å²) in [4.78, 5) is 17.6. The highest BCUT2D eigenvalue weighted by Crippen LogP contribution is 2.11. The van der Waals surface area contributed by atoms with E-state index in [0.717, 1.165) is 31.5 Å². The molecule has 0 radical (unpaired) electrons. The molecule has 2 heterocycles. The van der Waals surface area contributed by atoms with Gasteiger partial charge < -0.3 is 4.90 Å². The smallest absolute Gasteiger partial charge is 0.323 e. The van der Waals surface area contributed by atoms with Crippen molar-refractivity contribution in [3.63, 3.8) is 0 Å². The lowest BCUT2D eigenvalue weighted by Gasteiger charge is -2.15. The SMILES string of the molecule is Cc1ccnc(NC(=O)N2CCCC2)c1. The average molecular weight is 205 g/mol. The number of likely N-dealkylation sites (tertiary alicyclic amines) is 1. The van der Waals surface area contributed by atoms with E-state index in [2.05, 4.69) is 10.3 Å². The minimum absolute atomic E-state index is 0.0365. The molecule has 1 fully saturated rings. The molecule has 1 aliphatic heterocycles. The largest absolute Gasteiger partial charge is 0.324 e. The maximum atomic E-state index is 11.7. The number of aryl methyl sites for hydroxylation is 1. The van der Waals surface area contributed by atoms with Gasteiger partial charge in [-0.05, 0) is 37.5 Å². The summed E-state index contributed by atoms with van der Waals surface area (Å²) in [5, 5.41) is 2.80. The van der Waals surface area contributed by atoms with E-state index in [0.29, 0.717) is 5.82 Å². The van der Waals surface area contributed by atoms with Crippen LogP contribution in [0.5, 0.6) is 0 Å². The summed E-state index contributed by atoms with van der Waals surface area (Å²) in [7, 11) is 0. The Labute approximate surface area is 89.3 Å². The quantitative estimate of drug-likeness (QED) is 0.762. The Hall–Kier alpha value is -1.58. The molecular weight excluding hydrogens is 190 g/mol. The predicted octanol–water partition coefficient (Wildman–Crippen LogP) is 2.02. The van der Waals surface area contributed by atoms with Crippen LogP contribution in [0.2, 0.25) is 0 Å². The average Bonchev–Trinajstić information content (AvgIpc) is 2.70. The zero-order chi connectivity index (χ0) is 10.7. The number of pyridine rings is 1. The number of amides is 2. The summed E-state index contributed by atoms with van der Waals surface area (Å²) >= 11 is 0. The molecule has 4 heteroatoms. The van der Waals surface area contributed by atoms with Gasteiger partial charge in [-0.15, -0.1) is 0 Å². The lowest BCUT2D eigenvalue weighted by Crippen LogP contribution is -2.32. The number of nitrogens with one attached hydrogen (secondary N) is 1. The van der Waals surface area contributed by atoms with Crippen LogP contribution >= 0.6 is 0 Å². The van der Waals surface area contributed by atoms with Gasteiger partial charge in [-0.2, -0.15) is 0 Å². The topological polar surface area (TPSA) is 45.2 Å². The highest BCUT2D eigenvalue weighted by molar-refractivity contribution is 5.88. The Kier molecular flexibility index (Phi) is 2.85. The number of carbonyl (C=O) groups excluding carboxylic acids is 1. The van der Waals surface area contributed by atoms with Crippen molar-refractivity contribution in [1.82, 2.24) is 9.88 Å². The zero-order valence-corrected chi connectivity index (χ0v) is 8.86. The Morgan fingerprint density at radius 2 is 2.20 bits per heavy atom.